The van der Waals surface area contributed by atoms with Crippen LogP contribution in [0.3, 0.4) is 0 Å². The highest BCUT2D eigenvalue weighted by Crippen LogP contribution is 2.42. The number of benzene rings is 1. The molecule has 0 aliphatic carbocycles. The van der Waals surface area contributed by atoms with E-state index in [2.05, 4.69) is 5.32 Å². The number of carbonyl (C=O) groups is 2. The van der Waals surface area contributed by atoms with E-state index in [-0.39, 0.29) is 23.5 Å². The minimum absolute atomic E-state index is 0.0664. The van der Waals surface area contributed by atoms with Crippen LogP contribution in [0.25, 0.3) is 0 Å². The molecule has 3 rings (SSSR count). The molecule has 2 atom stereocenters. The van der Waals surface area contributed by atoms with Crippen LogP contribution in [0, 0.1) is 11.8 Å². The van der Waals surface area contributed by atoms with Crippen LogP contribution < -0.4 is 14.8 Å². The standard InChI is InChI=1S/C22H28N2O5/c1-14(2)11-23-21(25)17-13-24(22(26)19-9-6-10-29-19)12-16(17)15-7-5-8-18(27-3)20(15)28-4/h5-10,14,16-17H,11-13H2,1-4H3,(H,23,25)/t16-,17-/m1/s1. The number of amides is 2. The highest BCUT2D eigenvalue weighted by Gasteiger charge is 2.42. The van der Waals surface area contributed by atoms with Crippen molar-refractivity contribution in [1.82, 2.24) is 10.2 Å². The maximum atomic E-state index is 13.0. The molecule has 1 N–H and O–H groups in total. The molecule has 2 aromatic rings. The Morgan fingerprint density at radius 3 is 2.59 bits per heavy atom. The number of hydrogen-bond donors (Lipinski definition) is 1. The van der Waals surface area contributed by atoms with Gasteiger partial charge < -0.3 is 24.1 Å². The molecule has 2 heterocycles. The van der Waals surface area contributed by atoms with Gasteiger partial charge in [-0.1, -0.05) is 26.0 Å². The third-order valence-electron chi connectivity index (χ3n) is 5.19. The Labute approximate surface area is 171 Å². The minimum atomic E-state index is -0.395. The van der Waals surface area contributed by atoms with Gasteiger partial charge in [0.1, 0.15) is 0 Å². The summed E-state index contributed by atoms with van der Waals surface area (Å²) in [5, 5.41) is 3.01. The van der Waals surface area contributed by atoms with Gasteiger partial charge in [-0.3, -0.25) is 9.59 Å². The van der Waals surface area contributed by atoms with Crippen LogP contribution in [0.15, 0.2) is 41.0 Å². The van der Waals surface area contributed by atoms with Crippen LogP contribution in [0.4, 0.5) is 0 Å². The van der Waals surface area contributed by atoms with Crippen LogP contribution in [0.5, 0.6) is 11.5 Å². The fourth-order valence-electron chi connectivity index (χ4n) is 3.75. The normalized spacial score (nSPS) is 18.7. The third-order valence-corrected chi connectivity index (χ3v) is 5.19. The van der Waals surface area contributed by atoms with E-state index in [9.17, 15) is 9.59 Å². The van der Waals surface area contributed by atoms with Crippen molar-refractivity contribution in [3.8, 4) is 11.5 Å². The molecule has 1 aromatic heterocycles. The van der Waals surface area contributed by atoms with Crippen LogP contribution in [0.2, 0.25) is 0 Å². The molecule has 7 heteroatoms. The predicted molar refractivity (Wildman–Crippen MR) is 108 cm³/mol. The van der Waals surface area contributed by atoms with Gasteiger partial charge in [0.2, 0.25) is 5.91 Å². The topological polar surface area (TPSA) is 81.0 Å². The number of nitrogens with one attached hydrogen (secondary N) is 1. The van der Waals surface area contributed by atoms with Gasteiger partial charge in [0, 0.05) is 31.1 Å². The van der Waals surface area contributed by atoms with Gasteiger partial charge in [0.05, 0.1) is 26.4 Å². The second-order valence-electron chi connectivity index (χ2n) is 7.62. The first kappa shape index (κ1) is 20.8. The van der Waals surface area contributed by atoms with Crippen molar-refractivity contribution < 1.29 is 23.5 Å². The van der Waals surface area contributed by atoms with Gasteiger partial charge in [0.25, 0.3) is 5.91 Å². The average molecular weight is 400 g/mol. The molecule has 0 radical (unpaired) electrons. The quantitative estimate of drug-likeness (QED) is 0.773. The van der Waals surface area contributed by atoms with Gasteiger partial charge in [-0.25, -0.2) is 0 Å². The molecule has 1 aliphatic rings. The molecule has 0 saturated carbocycles. The zero-order valence-corrected chi connectivity index (χ0v) is 17.3. The van der Waals surface area contributed by atoms with E-state index in [0.717, 1.165) is 5.56 Å². The molecule has 0 bridgehead atoms. The summed E-state index contributed by atoms with van der Waals surface area (Å²) in [6, 6.07) is 8.93. The third kappa shape index (κ3) is 4.39. The second-order valence-corrected chi connectivity index (χ2v) is 7.62. The SMILES string of the molecule is COc1cccc([C@H]2CN(C(=O)c3ccco3)C[C@H]2C(=O)NCC(C)C)c1OC. The largest absolute Gasteiger partial charge is 0.493 e. The first-order chi connectivity index (χ1) is 14.0. The monoisotopic (exact) mass is 400 g/mol. The maximum Gasteiger partial charge on any atom is 0.289 e. The number of hydrogen-bond acceptors (Lipinski definition) is 5. The summed E-state index contributed by atoms with van der Waals surface area (Å²) in [6.07, 6.45) is 1.47. The van der Waals surface area contributed by atoms with E-state index >= 15 is 0 Å². The fourth-order valence-corrected chi connectivity index (χ4v) is 3.75. The average Bonchev–Trinajstić information content (AvgIpc) is 3.40. The lowest BCUT2D eigenvalue weighted by atomic mass is 9.87. The highest BCUT2D eigenvalue weighted by molar-refractivity contribution is 5.93. The summed E-state index contributed by atoms with van der Waals surface area (Å²) < 4.78 is 16.3. The number of ether oxygens (including phenoxy) is 2. The van der Waals surface area contributed by atoms with Crippen LogP contribution in [-0.2, 0) is 4.79 Å². The van der Waals surface area contributed by atoms with Gasteiger partial charge in [-0.05, 0) is 24.1 Å². The molecule has 29 heavy (non-hydrogen) atoms. The molecule has 1 saturated heterocycles. The van der Waals surface area contributed by atoms with Crippen molar-refractivity contribution >= 4 is 11.8 Å². The molecule has 1 fully saturated rings. The molecule has 156 valence electrons. The van der Waals surface area contributed by atoms with Gasteiger partial charge in [-0.15, -0.1) is 0 Å². The van der Waals surface area contributed by atoms with Crippen LogP contribution >= 0.6 is 0 Å². The second kappa shape index (κ2) is 9.03. The lowest BCUT2D eigenvalue weighted by molar-refractivity contribution is -0.125. The lowest BCUT2D eigenvalue weighted by Crippen LogP contribution is -2.37. The van der Waals surface area contributed by atoms with Crippen molar-refractivity contribution in [3.63, 3.8) is 0 Å². The highest BCUT2D eigenvalue weighted by atomic mass is 16.5. The van der Waals surface area contributed by atoms with E-state index < -0.39 is 5.92 Å². The van der Waals surface area contributed by atoms with Gasteiger partial charge in [-0.2, -0.15) is 0 Å². The number of carbonyl (C=O) groups excluding carboxylic acids is 2. The van der Waals surface area contributed by atoms with Crippen molar-refractivity contribution in [2.45, 2.75) is 19.8 Å². The fraction of sp³-hybridized carbons (Fsp3) is 0.455. The summed E-state index contributed by atoms with van der Waals surface area (Å²) in [7, 11) is 3.16. The van der Waals surface area contributed by atoms with Crippen molar-refractivity contribution in [2.75, 3.05) is 33.9 Å². The molecule has 0 unspecified atom stereocenters. The summed E-state index contributed by atoms with van der Waals surface area (Å²) in [6.45, 7) is 5.38. The van der Waals surface area contributed by atoms with E-state index in [0.29, 0.717) is 37.1 Å². The van der Waals surface area contributed by atoms with Crippen LogP contribution in [-0.4, -0.2) is 50.6 Å². The Kier molecular flexibility index (Phi) is 6.46. The number of likely N-dealkylation sites (tertiary alicyclic amines) is 1. The van der Waals surface area contributed by atoms with Crippen molar-refractivity contribution in [2.24, 2.45) is 11.8 Å². The van der Waals surface area contributed by atoms with E-state index in [1.165, 1.54) is 6.26 Å². The molecule has 2 amide bonds. The van der Waals surface area contributed by atoms with Gasteiger partial charge >= 0.3 is 0 Å². The van der Waals surface area contributed by atoms with Gasteiger partial charge in [0.15, 0.2) is 17.3 Å². The molecular weight excluding hydrogens is 372 g/mol. The zero-order chi connectivity index (χ0) is 21.0. The number of nitrogens with zero attached hydrogens (tertiary/aromatic N) is 1. The van der Waals surface area contributed by atoms with Crippen molar-refractivity contribution in [1.29, 1.82) is 0 Å². The molecule has 1 aromatic carbocycles. The minimum Gasteiger partial charge on any atom is -0.493 e. The molecule has 0 spiro atoms. The Morgan fingerprint density at radius 1 is 1.17 bits per heavy atom. The number of rotatable bonds is 7. The summed E-state index contributed by atoms with van der Waals surface area (Å²) >= 11 is 0. The zero-order valence-electron chi connectivity index (χ0n) is 17.3. The predicted octanol–water partition coefficient (Wildman–Crippen LogP) is 2.92. The van der Waals surface area contributed by atoms with Crippen LogP contribution in [0.1, 0.15) is 35.9 Å². The summed E-state index contributed by atoms with van der Waals surface area (Å²) in [4.78, 5) is 27.5. The Hall–Kier alpha value is -2.96. The Balaban J connectivity index is 1.93. The Bertz CT molecular complexity index is 847. The molecule has 7 nitrogen and oxygen atoms in total. The molecular formula is C22H28N2O5. The van der Waals surface area contributed by atoms with E-state index in [4.69, 9.17) is 13.9 Å². The van der Waals surface area contributed by atoms with Crippen molar-refractivity contribution in [3.05, 3.63) is 47.9 Å². The van der Waals surface area contributed by atoms with E-state index in [1.807, 2.05) is 32.0 Å². The maximum absolute atomic E-state index is 13.0. The number of methoxy groups -OCH3 is 2. The first-order valence-corrected chi connectivity index (χ1v) is 9.77. The summed E-state index contributed by atoms with van der Waals surface area (Å²) in [5.41, 5.74) is 0.853. The summed E-state index contributed by atoms with van der Waals surface area (Å²) in [5.74, 6) is 0.899. The van der Waals surface area contributed by atoms with E-state index in [1.54, 1.807) is 31.3 Å². The lowest BCUT2D eigenvalue weighted by Gasteiger charge is -2.22. The smallest absolute Gasteiger partial charge is 0.289 e. The molecule has 1 aliphatic heterocycles. The Morgan fingerprint density at radius 2 is 1.97 bits per heavy atom. The first-order valence-electron chi connectivity index (χ1n) is 9.77. The number of furan rings is 1. The number of para-hydroxylation sites is 1.